The zero-order valence-electron chi connectivity index (χ0n) is 16.8. The molecule has 0 aliphatic rings. The van der Waals surface area contributed by atoms with E-state index in [1.165, 1.54) is 16.0 Å². The van der Waals surface area contributed by atoms with Gasteiger partial charge in [-0.3, -0.25) is 14.7 Å². The number of thiazole rings is 1. The number of rotatable bonds is 6. The van der Waals surface area contributed by atoms with Crippen molar-refractivity contribution in [1.29, 1.82) is 0 Å². The molecule has 1 amide bonds. The van der Waals surface area contributed by atoms with Crippen molar-refractivity contribution in [1.82, 2.24) is 20.1 Å². The SMILES string of the molecule is Cc1nc(-n2[nH]c(C)c(Cc3ccccc3)c2=O)sc1C(=O)NCc1ccccc1. The molecule has 0 saturated carbocycles. The lowest BCUT2D eigenvalue weighted by molar-refractivity contribution is 0.0954. The summed E-state index contributed by atoms with van der Waals surface area (Å²) in [6.45, 7) is 4.10. The first-order chi connectivity index (χ1) is 14.5. The highest BCUT2D eigenvalue weighted by atomic mass is 32.1. The molecule has 0 aliphatic carbocycles. The van der Waals surface area contributed by atoms with Gasteiger partial charge in [-0.2, -0.15) is 4.68 Å². The maximum Gasteiger partial charge on any atom is 0.277 e. The van der Waals surface area contributed by atoms with E-state index in [2.05, 4.69) is 15.4 Å². The number of carbonyl (C=O) groups is 1. The average molecular weight is 419 g/mol. The summed E-state index contributed by atoms with van der Waals surface area (Å²) >= 11 is 1.21. The second kappa shape index (κ2) is 8.51. The molecule has 7 heteroatoms. The lowest BCUT2D eigenvalue weighted by Gasteiger charge is -2.03. The molecule has 0 fully saturated rings. The molecule has 152 valence electrons. The van der Waals surface area contributed by atoms with Crippen LogP contribution in [0.1, 0.15) is 37.7 Å². The van der Waals surface area contributed by atoms with E-state index >= 15 is 0 Å². The zero-order valence-corrected chi connectivity index (χ0v) is 17.6. The predicted octanol–water partition coefficient (Wildman–Crippen LogP) is 3.76. The van der Waals surface area contributed by atoms with Crippen molar-refractivity contribution in [3.8, 4) is 5.13 Å². The van der Waals surface area contributed by atoms with Gasteiger partial charge in [-0.05, 0) is 25.0 Å². The van der Waals surface area contributed by atoms with Gasteiger partial charge in [0.2, 0.25) is 5.13 Å². The highest BCUT2D eigenvalue weighted by Crippen LogP contribution is 2.21. The van der Waals surface area contributed by atoms with Crippen LogP contribution in [0.5, 0.6) is 0 Å². The van der Waals surface area contributed by atoms with Crippen molar-refractivity contribution in [3.05, 3.63) is 104 Å². The minimum absolute atomic E-state index is 0.138. The Balaban J connectivity index is 1.56. The molecule has 0 atom stereocenters. The van der Waals surface area contributed by atoms with Gasteiger partial charge in [0, 0.05) is 24.2 Å². The Bertz CT molecular complexity index is 1220. The molecule has 6 nitrogen and oxygen atoms in total. The Hall–Kier alpha value is -3.45. The Labute approximate surface area is 178 Å². The highest BCUT2D eigenvalue weighted by molar-refractivity contribution is 7.16. The number of nitrogens with zero attached hydrogens (tertiary/aromatic N) is 2. The molecular weight excluding hydrogens is 396 g/mol. The van der Waals surface area contributed by atoms with E-state index < -0.39 is 0 Å². The van der Waals surface area contributed by atoms with E-state index in [1.54, 1.807) is 6.92 Å². The molecule has 0 aliphatic heterocycles. The number of hydrogen-bond acceptors (Lipinski definition) is 4. The molecular formula is C23H22N4O2S. The first-order valence-electron chi connectivity index (χ1n) is 9.67. The lowest BCUT2D eigenvalue weighted by atomic mass is 10.1. The summed E-state index contributed by atoms with van der Waals surface area (Å²) in [6.07, 6.45) is 0.545. The van der Waals surface area contributed by atoms with Crippen molar-refractivity contribution in [2.45, 2.75) is 26.8 Å². The summed E-state index contributed by atoms with van der Waals surface area (Å²) in [5, 5.41) is 6.49. The fourth-order valence-corrected chi connectivity index (χ4v) is 4.21. The summed E-state index contributed by atoms with van der Waals surface area (Å²) in [5.74, 6) is -0.194. The second-order valence-electron chi connectivity index (χ2n) is 7.10. The molecule has 0 spiro atoms. The minimum Gasteiger partial charge on any atom is -0.347 e. The molecule has 0 saturated heterocycles. The van der Waals surface area contributed by atoms with Crippen LogP contribution in [0.2, 0.25) is 0 Å². The lowest BCUT2D eigenvalue weighted by Crippen LogP contribution is -2.22. The first kappa shape index (κ1) is 19.8. The van der Waals surface area contributed by atoms with Gasteiger partial charge >= 0.3 is 0 Å². The fourth-order valence-electron chi connectivity index (χ4n) is 3.27. The number of hydrogen-bond donors (Lipinski definition) is 2. The van der Waals surface area contributed by atoms with Crippen molar-refractivity contribution in [2.75, 3.05) is 0 Å². The molecule has 2 N–H and O–H groups in total. The van der Waals surface area contributed by atoms with Crippen molar-refractivity contribution in [3.63, 3.8) is 0 Å². The molecule has 0 radical (unpaired) electrons. The standard InChI is InChI=1S/C23H22N4O2S/c1-15-19(13-17-9-5-3-6-10-17)22(29)27(26-15)23-25-16(2)20(30-23)21(28)24-14-18-11-7-4-8-12-18/h3-12,26H,13-14H2,1-2H3,(H,24,28). The van der Waals surface area contributed by atoms with Crippen LogP contribution >= 0.6 is 11.3 Å². The van der Waals surface area contributed by atoms with Crippen LogP contribution in [0.25, 0.3) is 5.13 Å². The highest BCUT2D eigenvalue weighted by Gasteiger charge is 2.20. The topological polar surface area (TPSA) is 79.8 Å². The van der Waals surface area contributed by atoms with E-state index in [4.69, 9.17) is 0 Å². The van der Waals surface area contributed by atoms with Crippen molar-refractivity contribution in [2.24, 2.45) is 0 Å². The van der Waals surface area contributed by atoms with Crippen molar-refractivity contribution >= 4 is 17.2 Å². The van der Waals surface area contributed by atoms with Crippen LogP contribution in [0, 0.1) is 13.8 Å². The van der Waals surface area contributed by atoms with Gasteiger partial charge in [0.25, 0.3) is 11.5 Å². The van der Waals surface area contributed by atoms with E-state index in [-0.39, 0.29) is 11.5 Å². The van der Waals surface area contributed by atoms with Gasteiger partial charge in [0.05, 0.1) is 5.69 Å². The van der Waals surface area contributed by atoms with E-state index in [0.717, 1.165) is 16.8 Å². The number of aromatic nitrogens is 3. The van der Waals surface area contributed by atoms with Gasteiger partial charge in [-0.25, -0.2) is 4.98 Å². The quantitative estimate of drug-likeness (QED) is 0.500. The maximum atomic E-state index is 13.0. The number of amides is 1. The summed E-state index contributed by atoms with van der Waals surface area (Å²) < 4.78 is 1.43. The first-order valence-corrected chi connectivity index (χ1v) is 10.5. The Morgan fingerprint density at radius 2 is 1.67 bits per heavy atom. The third-order valence-electron chi connectivity index (χ3n) is 4.90. The number of H-pyrrole nitrogens is 1. The monoisotopic (exact) mass is 418 g/mol. The van der Waals surface area contributed by atoms with Crippen LogP contribution in [0.4, 0.5) is 0 Å². The van der Waals surface area contributed by atoms with Gasteiger partial charge < -0.3 is 5.32 Å². The maximum absolute atomic E-state index is 13.0. The van der Waals surface area contributed by atoms with Crippen LogP contribution in [-0.4, -0.2) is 20.7 Å². The van der Waals surface area contributed by atoms with Crippen LogP contribution < -0.4 is 10.9 Å². The van der Waals surface area contributed by atoms with E-state index in [1.807, 2.05) is 67.6 Å². The molecule has 0 bridgehead atoms. The smallest absolute Gasteiger partial charge is 0.277 e. The van der Waals surface area contributed by atoms with Gasteiger partial charge in [0.1, 0.15) is 4.88 Å². The van der Waals surface area contributed by atoms with E-state index in [0.29, 0.717) is 34.2 Å². The Kier molecular flexibility index (Phi) is 5.63. The molecule has 2 heterocycles. The third-order valence-corrected chi connectivity index (χ3v) is 6.04. The van der Waals surface area contributed by atoms with Gasteiger partial charge in [-0.1, -0.05) is 72.0 Å². The van der Waals surface area contributed by atoms with Gasteiger partial charge in [-0.15, -0.1) is 0 Å². The minimum atomic E-state index is -0.194. The summed E-state index contributed by atoms with van der Waals surface area (Å²) in [7, 11) is 0. The third kappa shape index (κ3) is 4.11. The molecule has 0 unspecified atom stereocenters. The number of nitrogens with one attached hydrogen (secondary N) is 2. The number of aryl methyl sites for hydroxylation is 2. The number of carbonyl (C=O) groups excluding carboxylic acids is 1. The largest absolute Gasteiger partial charge is 0.347 e. The van der Waals surface area contributed by atoms with Gasteiger partial charge in [0.15, 0.2) is 0 Å². The predicted molar refractivity (Wildman–Crippen MR) is 118 cm³/mol. The summed E-state index contributed by atoms with van der Waals surface area (Å²) in [5.41, 5.74) is 4.05. The van der Waals surface area contributed by atoms with Crippen molar-refractivity contribution < 1.29 is 4.79 Å². The normalized spacial score (nSPS) is 10.9. The van der Waals surface area contributed by atoms with Crippen LogP contribution in [-0.2, 0) is 13.0 Å². The molecule has 4 rings (SSSR count). The summed E-state index contributed by atoms with van der Waals surface area (Å²) in [4.78, 5) is 30.6. The molecule has 4 aromatic rings. The second-order valence-corrected chi connectivity index (χ2v) is 8.08. The molecule has 2 aromatic carbocycles. The molecule has 30 heavy (non-hydrogen) atoms. The zero-order chi connectivity index (χ0) is 21.1. The molecule has 2 aromatic heterocycles. The Morgan fingerprint density at radius 1 is 1.03 bits per heavy atom. The Morgan fingerprint density at radius 3 is 2.33 bits per heavy atom. The summed E-state index contributed by atoms with van der Waals surface area (Å²) in [6, 6.07) is 19.6. The average Bonchev–Trinajstić information content (AvgIpc) is 3.28. The number of aromatic amines is 1. The van der Waals surface area contributed by atoms with Crippen LogP contribution in [0.3, 0.4) is 0 Å². The van der Waals surface area contributed by atoms with Crippen LogP contribution in [0.15, 0.2) is 65.5 Å². The van der Waals surface area contributed by atoms with E-state index in [9.17, 15) is 9.59 Å². The number of benzene rings is 2. The fraction of sp³-hybridized carbons (Fsp3) is 0.174.